The zero-order chi connectivity index (χ0) is 24.5. The number of rotatable bonds is 4. The average molecular weight is 616 g/mol. The molecule has 1 aliphatic heterocycles. The van der Waals surface area contributed by atoms with Gasteiger partial charge in [-0.1, -0.05) is 11.6 Å². The molecule has 0 saturated carbocycles. The van der Waals surface area contributed by atoms with E-state index >= 15 is 4.39 Å². The van der Waals surface area contributed by atoms with Crippen LogP contribution in [0.1, 0.15) is 45.2 Å². The standard InChI is InChI=1S/C23H24ClFIN5O2S/c1-23(2,3)33-22(32)30-10-7-14(8-11-30)20-19(18-6-9-27-13-28-18)21(31(29-20)34-26)16-5-4-15(24)12-17(16)25/h4-6,9,12-14H,7-8,10-11H2,1-3H3. The quantitative estimate of drug-likeness (QED) is 0.302. The fourth-order valence-corrected chi connectivity index (χ4v) is 5.41. The first-order chi connectivity index (χ1) is 16.2. The first-order valence-corrected chi connectivity index (χ1v) is 14.5. The molecule has 0 radical (unpaired) electrons. The van der Waals surface area contributed by atoms with Gasteiger partial charge in [0.1, 0.15) is 17.7 Å². The Bertz CT molecular complexity index is 1180. The van der Waals surface area contributed by atoms with E-state index in [1.807, 2.05) is 20.8 Å². The maximum atomic E-state index is 15.0. The Kier molecular flexibility index (Phi) is 7.68. The van der Waals surface area contributed by atoms with Gasteiger partial charge in [0, 0.05) is 66.1 Å². The van der Waals surface area contributed by atoms with Crippen LogP contribution in [0.25, 0.3) is 22.5 Å². The van der Waals surface area contributed by atoms with Crippen molar-refractivity contribution in [2.75, 3.05) is 13.1 Å². The molecule has 1 fully saturated rings. The van der Waals surface area contributed by atoms with E-state index in [0.717, 1.165) is 11.3 Å². The lowest BCUT2D eigenvalue weighted by molar-refractivity contribution is 0.0204. The third-order valence-corrected chi connectivity index (χ3v) is 7.26. The van der Waals surface area contributed by atoms with Gasteiger partial charge in [-0.25, -0.2) is 19.2 Å². The van der Waals surface area contributed by atoms with Crippen LogP contribution in [0, 0.1) is 5.82 Å². The number of carbonyl (C=O) groups is 1. The number of carbonyl (C=O) groups excluding carboxylic acids is 1. The molecule has 0 spiro atoms. The van der Waals surface area contributed by atoms with Crippen LogP contribution in [0.3, 0.4) is 0 Å². The van der Waals surface area contributed by atoms with E-state index in [9.17, 15) is 4.79 Å². The number of ether oxygens (including phenoxy) is 1. The summed E-state index contributed by atoms with van der Waals surface area (Å²) in [5, 5.41) is 5.20. The number of likely N-dealkylation sites (tertiary alicyclic amines) is 1. The minimum atomic E-state index is -0.540. The molecule has 0 atom stereocenters. The Morgan fingerprint density at radius 1 is 1.26 bits per heavy atom. The van der Waals surface area contributed by atoms with E-state index in [1.54, 1.807) is 33.4 Å². The molecule has 3 aromatic rings. The summed E-state index contributed by atoms with van der Waals surface area (Å²) < 4.78 is 22.3. The molecule has 34 heavy (non-hydrogen) atoms. The minimum Gasteiger partial charge on any atom is -0.444 e. The number of hydrogen-bond donors (Lipinski definition) is 0. The highest BCUT2D eigenvalue weighted by molar-refractivity contribution is 14.2. The highest BCUT2D eigenvalue weighted by atomic mass is 127. The third-order valence-electron chi connectivity index (χ3n) is 5.51. The van der Waals surface area contributed by atoms with E-state index in [1.165, 1.54) is 21.5 Å². The Balaban J connectivity index is 1.73. The second-order valence-electron chi connectivity index (χ2n) is 9.01. The normalized spacial score (nSPS) is 14.9. The Labute approximate surface area is 219 Å². The van der Waals surface area contributed by atoms with Gasteiger partial charge in [-0.3, -0.25) is 0 Å². The van der Waals surface area contributed by atoms with Crippen molar-refractivity contribution in [2.24, 2.45) is 0 Å². The van der Waals surface area contributed by atoms with Gasteiger partial charge in [0.2, 0.25) is 0 Å². The first-order valence-electron chi connectivity index (χ1n) is 10.8. The van der Waals surface area contributed by atoms with Crippen LogP contribution in [0.15, 0.2) is 36.8 Å². The lowest BCUT2D eigenvalue weighted by atomic mass is 9.89. The van der Waals surface area contributed by atoms with Gasteiger partial charge < -0.3 is 9.64 Å². The van der Waals surface area contributed by atoms with Gasteiger partial charge in [-0.2, -0.15) is 9.19 Å². The van der Waals surface area contributed by atoms with Crippen LogP contribution in [0.2, 0.25) is 5.02 Å². The second kappa shape index (κ2) is 10.4. The lowest BCUT2D eigenvalue weighted by Crippen LogP contribution is -2.41. The molecule has 0 unspecified atom stereocenters. The number of amides is 1. The molecule has 2 aromatic heterocycles. The van der Waals surface area contributed by atoms with Crippen molar-refractivity contribution in [3.05, 3.63) is 53.3 Å². The van der Waals surface area contributed by atoms with Crippen molar-refractivity contribution in [2.45, 2.75) is 45.1 Å². The SMILES string of the molecule is CC(C)(C)OC(=O)N1CCC(c2nn(SI)c(-c3ccc(Cl)cc3F)c2-c2ccncn2)CC1. The topological polar surface area (TPSA) is 73.1 Å². The van der Waals surface area contributed by atoms with E-state index in [-0.39, 0.29) is 12.0 Å². The molecule has 1 aromatic carbocycles. The second-order valence-corrected chi connectivity index (χ2v) is 11.1. The molecule has 0 N–H and O–H groups in total. The summed E-state index contributed by atoms with van der Waals surface area (Å²) in [5.74, 6) is -0.358. The molecule has 7 nitrogen and oxygen atoms in total. The van der Waals surface area contributed by atoms with Gasteiger partial charge in [0.25, 0.3) is 0 Å². The first kappa shape index (κ1) is 25.2. The summed E-state index contributed by atoms with van der Waals surface area (Å²) in [6, 6.07) is 6.43. The zero-order valence-corrected chi connectivity index (χ0v) is 22.7. The van der Waals surface area contributed by atoms with Crippen LogP contribution in [0.4, 0.5) is 9.18 Å². The number of benzene rings is 1. The molecule has 0 bridgehead atoms. The number of hydrogen-bond acceptors (Lipinski definition) is 6. The summed E-state index contributed by atoms with van der Waals surface area (Å²) in [7, 11) is 1.36. The third kappa shape index (κ3) is 5.49. The summed E-state index contributed by atoms with van der Waals surface area (Å²) >= 11 is 8.14. The van der Waals surface area contributed by atoms with E-state index < -0.39 is 11.4 Å². The highest BCUT2D eigenvalue weighted by Gasteiger charge is 2.33. The molecule has 0 aliphatic carbocycles. The van der Waals surface area contributed by atoms with Crippen molar-refractivity contribution in [3.8, 4) is 22.5 Å². The molecule has 180 valence electrons. The molecule has 4 rings (SSSR count). The van der Waals surface area contributed by atoms with Crippen molar-refractivity contribution in [1.82, 2.24) is 24.1 Å². The highest BCUT2D eigenvalue weighted by Crippen LogP contribution is 2.43. The fourth-order valence-electron chi connectivity index (χ4n) is 4.02. The van der Waals surface area contributed by atoms with Crippen LogP contribution < -0.4 is 0 Å². The zero-order valence-electron chi connectivity index (χ0n) is 19.0. The smallest absolute Gasteiger partial charge is 0.410 e. The number of halogens is 3. The number of aromatic nitrogens is 4. The number of nitrogens with zero attached hydrogens (tertiary/aromatic N) is 5. The Morgan fingerprint density at radius 3 is 2.59 bits per heavy atom. The van der Waals surface area contributed by atoms with Gasteiger partial charge in [0.15, 0.2) is 0 Å². The van der Waals surface area contributed by atoms with Gasteiger partial charge >= 0.3 is 6.09 Å². The van der Waals surface area contributed by atoms with E-state index in [0.29, 0.717) is 47.9 Å². The van der Waals surface area contributed by atoms with Crippen molar-refractivity contribution >= 4 is 48.0 Å². The summed E-state index contributed by atoms with van der Waals surface area (Å²) in [6.07, 6.45) is 4.25. The Hall–Kier alpha value is -1.92. The van der Waals surface area contributed by atoms with Crippen LogP contribution >= 0.6 is 41.9 Å². The van der Waals surface area contributed by atoms with E-state index in [4.69, 9.17) is 21.4 Å². The lowest BCUT2D eigenvalue weighted by Gasteiger charge is -2.33. The molecule has 1 amide bonds. The van der Waals surface area contributed by atoms with Gasteiger partial charge in [-0.15, -0.1) is 0 Å². The minimum absolute atomic E-state index is 0.0718. The van der Waals surface area contributed by atoms with Gasteiger partial charge in [-0.05, 0) is 57.9 Å². The monoisotopic (exact) mass is 615 g/mol. The molecule has 1 saturated heterocycles. The van der Waals surface area contributed by atoms with E-state index in [2.05, 4.69) is 31.2 Å². The van der Waals surface area contributed by atoms with Crippen molar-refractivity contribution in [3.63, 3.8) is 0 Å². The van der Waals surface area contributed by atoms with Crippen LogP contribution in [0.5, 0.6) is 0 Å². The van der Waals surface area contributed by atoms with Crippen molar-refractivity contribution < 1.29 is 13.9 Å². The molecule has 3 heterocycles. The molecule has 11 heteroatoms. The fraction of sp³-hybridized carbons (Fsp3) is 0.391. The maximum absolute atomic E-state index is 15.0. The summed E-state index contributed by atoms with van der Waals surface area (Å²) in [5.41, 5.74) is 2.74. The van der Waals surface area contributed by atoms with Crippen LogP contribution in [-0.4, -0.2) is 48.8 Å². The summed E-state index contributed by atoms with van der Waals surface area (Å²) in [6.45, 7) is 6.68. The molecule has 1 aliphatic rings. The van der Waals surface area contributed by atoms with Crippen LogP contribution in [-0.2, 0) is 4.74 Å². The molecular formula is C23H24ClFIN5O2S. The van der Waals surface area contributed by atoms with Crippen molar-refractivity contribution in [1.29, 1.82) is 0 Å². The molecular weight excluding hydrogens is 592 g/mol. The number of piperidine rings is 1. The van der Waals surface area contributed by atoms with Gasteiger partial charge in [0.05, 0.1) is 22.6 Å². The maximum Gasteiger partial charge on any atom is 0.410 e. The summed E-state index contributed by atoms with van der Waals surface area (Å²) in [4.78, 5) is 22.7. The predicted octanol–water partition coefficient (Wildman–Crippen LogP) is 6.76. The average Bonchev–Trinajstić information content (AvgIpc) is 3.18. The Morgan fingerprint density at radius 2 is 2.00 bits per heavy atom. The largest absolute Gasteiger partial charge is 0.444 e. The predicted molar refractivity (Wildman–Crippen MR) is 140 cm³/mol.